The number of nitrogens with zero attached hydrogens (tertiary/aromatic N) is 2. The summed E-state index contributed by atoms with van der Waals surface area (Å²) < 4.78 is 46.8. The van der Waals surface area contributed by atoms with E-state index in [0.717, 1.165) is 6.07 Å². The first-order valence-electron chi connectivity index (χ1n) is 10.9. The molecule has 1 heterocycles. The van der Waals surface area contributed by atoms with Crippen LogP contribution in [0.2, 0.25) is 0 Å². The molecular formula is C26H22F2N4O5. The van der Waals surface area contributed by atoms with Gasteiger partial charge < -0.3 is 24.8 Å². The lowest BCUT2D eigenvalue weighted by atomic mass is 10.1. The smallest absolute Gasteiger partial charge is 0.417 e. The molecule has 190 valence electrons. The molecule has 11 heteroatoms. The molecule has 0 saturated heterocycles. The maximum absolute atomic E-state index is 15.6. The lowest BCUT2D eigenvalue weighted by Gasteiger charge is -2.21. The van der Waals surface area contributed by atoms with Gasteiger partial charge in [-0.25, -0.2) is 13.6 Å². The number of ether oxygens (including phenoxy) is 3. The van der Waals surface area contributed by atoms with Gasteiger partial charge in [0.05, 0.1) is 23.9 Å². The Labute approximate surface area is 210 Å². The van der Waals surface area contributed by atoms with Gasteiger partial charge in [-0.15, -0.1) is 0 Å². The molecule has 3 aromatic carbocycles. The largest absolute Gasteiger partial charge is 0.496 e. The zero-order valence-electron chi connectivity index (χ0n) is 20.0. The monoisotopic (exact) mass is 508 g/mol. The van der Waals surface area contributed by atoms with Gasteiger partial charge in [0.15, 0.2) is 11.6 Å². The van der Waals surface area contributed by atoms with Crippen LogP contribution in [0.1, 0.15) is 10.4 Å². The maximum Gasteiger partial charge on any atom is 0.417 e. The summed E-state index contributed by atoms with van der Waals surface area (Å²) in [4.78, 5) is 29.8. The van der Waals surface area contributed by atoms with Crippen LogP contribution in [0, 0.1) is 11.6 Å². The molecule has 0 radical (unpaired) electrons. The molecule has 0 unspecified atom stereocenters. The highest BCUT2D eigenvalue weighted by Crippen LogP contribution is 2.40. The van der Waals surface area contributed by atoms with Crippen molar-refractivity contribution in [3.05, 3.63) is 78.0 Å². The zero-order valence-corrected chi connectivity index (χ0v) is 20.0. The first-order chi connectivity index (χ1) is 17.7. The van der Waals surface area contributed by atoms with Crippen LogP contribution in [0.3, 0.4) is 0 Å². The number of halogens is 2. The van der Waals surface area contributed by atoms with E-state index in [2.05, 4.69) is 10.3 Å². The predicted molar refractivity (Wildman–Crippen MR) is 134 cm³/mol. The molecule has 1 aromatic heterocycles. The number of benzene rings is 3. The quantitative estimate of drug-likeness (QED) is 0.357. The highest BCUT2D eigenvalue weighted by molar-refractivity contribution is 6.01. The predicted octanol–water partition coefficient (Wildman–Crippen LogP) is 5.09. The van der Waals surface area contributed by atoms with Gasteiger partial charge in [0.25, 0.3) is 5.91 Å². The third-order valence-corrected chi connectivity index (χ3v) is 5.29. The van der Waals surface area contributed by atoms with E-state index in [4.69, 9.17) is 19.9 Å². The Balaban J connectivity index is 1.73. The lowest BCUT2D eigenvalue weighted by molar-refractivity contribution is 0.0997. The molecule has 4 aromatic rings. The van der Waals surface area contributed by atoms with Crippen molar-refractivity contribution in [2.45, 2.75) is 0 Å². The number of methoxy groups -OCH3 is 1. The van der Waals surface area contributed by atoms with E-state index in [1.165, 1.54) is 50.5 Å². The Hall–Kier alpha value is -4.93. The number of aromatic nitrogens is 1. The van der Waals surface area contributed by atoms with Crippen molar-refractivity contribution in [3.63, 3.8) is 0 Å². The fraction of sp³-hybridized carbons (Fsp3) is 0.115. The van der Waals surface area contributed by atoms with E-state index >= 15 is 8.78 Å². The summed E-state index contributed by atoms with van der Waals surface area (Å²) in [6, 6.07) is 13.3. The highest BCUT2D eigenvalue weighted by Gasteiger charge is 2.25. The average molecular weight is 508 g/mol. The number of carbonyl (C=O) groups excluding carboxylic acids is 2. The first-order valence-corrected chi connectivity index (χ1v) is 10.9. The molecule has 0 aliphatic carbocycles. The van der Waals surface area contributed by atoms with Gasteiger partial charge in [-0.3, -0.25) is 15.1 Å². The maximum atomic E-state index is 15.6. The molecular weight excluding hydrogens is 486 g/mol. The van der Waals surface area contributed by atoms with Crippen molar-refractivity contribution in [2.24, 2.45) is 5.73 Å². The number of amides is 2. The second kappa shape index (κ2) is 10.4. The SMILES string of the molecule is COc1cc2nccc(Oc3c(F)cc(NC(=O)Oc4ccccc4)c(N(C)C)c3F)c2cc1C(N)=O. The summed E-state index contributed by atoms with van der Waals surface area (Å²) in [7, 11) is 4.40. The molecule has 4 rings (SSSR count). The number of hydrogen-bond donors (Lipinski definition) is 2. The molecule has 0 fully saturated rings. The molecule has 37 heavy (non-hydrogen) atoms. The van der Waals surface area contributed by atoms with E-state index in [1.54, 1.807) is 30.3 Å². The van der Waals surface area contributed by atoms with Crippen LogP contribution >= 0.6 is 0 Å². The van der Waals surface area contributed by atoms with Crippen molar-refractivity contribution in [3.8, 4) is 23.0 Å². The molecule has 0 aliphatic rings. The van der Waals surface area contributed by atoms with Gasteiger partial charge in [-0.05, 0) is 24.3 Å². The Bertz CT molecular complexity index is 1500. The van der Waals surface area contributed by atoms with Crippen molar-refractivity contribution in [2.75, 3.05) is 31.4 Å². The number of fused-ring (bicyclic) bond motifs is 1. The number of anilines is 2. The summed E-state index contributed by atoms with van der Waals surface area (Å²) in [6.07, 6.45) is 0.439. The number of nitrogens with one attached hydrogen (secondary N) is 1. The first kappa shape index (κ1) is 25.2. The fourth-order valence-electron chi connectivity index (χ4n) is 3.66. The van der Waals surface area contributed by atoms with Crippen LogP contribution in [0.4, 0.5) is 25.0 Å². The molecule has 9 nitrogen and oxygen atoms in total. The Morgan fingerprint density at radius 3 is 2.41 bits per heavy atom. The van der Waals surface area contributed by atoms with E-state index in [0.29, 0.717) is 5.52 Å². The number of nitrogens with two attached hydrogens (primary N) is 1. The molecule has 0 saturated carbocycles. The van der Waals surface area contributed by atoms with Crippen LogP contribution < -0.4 is 30.2 Å². The summed E-state index contributed by atoms with van der Waals surface area (Å²) >= 11 is 0. The van der Waals surface area contributed by atoms with Gasteiger partial charge in [-0.2, -0.15) is 0 Å². The Morgan fingerprint density at radius 1 is 1.03 bits per heavy atom. The number of pyridine rings is 1. The van der Waals surface area contributed by atoms with Crippen molar-refractivity contribution in [1.29, 1.82) is 0 Å². The second-order valence-corrected chi connectivity index (χ2v) is 7.96. The third-order valence-electron chi connectivity index (χ3n) is 5.29. The molecule has 3 N–H and O–H groups in total. The topological polar surface area (TPSA) is 116 Å². The van der Waals surface area contributed by atoms with Crippen molar-refractivity contribution in [1.82, 2.24) is 4.98 Å². The lowest BCUT2D eigenvalue weighted by Crippen LogP contribution is -2.21. The van der Waals surface area contributed by atoms with E-state index in [1.807, 2.05) is 0 Å². The van der Waals surface area contributed by atoms with Gasteiger partial charge in [0.2, 0.25) is 5.75 Å². The molecule has 0 atom stereocenters. The third kappa shape index (κ3) is 5.20. The summed E-state index contributed by atoms with van der Waals surface area (Å²) in [6.45, 7) is 0. The van der Waals surface area contributed by atoms with Crippen molar-refractivity contribution >= 4 is 34.3 Å². The van der Waals surface area contributed by atoms with Crippen molar-refractivity contribution < 1.29 is 32.6 Å². The highest BCUT2D eigenvalue weighted by atomic mass is 19.1. The molecule has 0 aliphatic heterocycles. The van der Waals surface area contributed by atoms with E-state index in [9.17, 15) is 9.59 Å². The van der Waals surface area contributed by atoms with Crippen LogP contribution in [0.25, 0.3) is 10.9 Å². The van der Waals surface area contributed by atoms with Gasteiger partial charge in [0, 0.05) is 37.8 Å². The number of para-hydroxylation sites is 1. The minimum Gasteiger partial charge on any atom is -0.496 e. The van der Waals surface area contributed by atoms with Crippen LogP contribution in [0.5, 0.6) is 23.0 Å². The minimum absolute atomic E-state index is 0.0156. The molecule has 2 amide bonds. The minimum atomic E-state index is -1.09. The normalized spacial score (nSPS) is 10.6. The van der Waals surface area contributed by atoms with Crippen LogP contribution in [-0.2, 0) is 0 Å². The van der Waals surface area contributed by atoms with E-state index in [-0.39, 0.29) is 39.6 Å². The standard InChI is InChI=1S/C26H22F2N4O5/c1-32(2)23-19(31-26(34)36-14-7-5-4-6-8-14)12-17(27)24(22(23)28)37-20-9-10-30-18-13-21(35-3)16(25(29)33)11-15(18)20/h4-13H,1-3H3,(H2,29,33)(H,31,34). The number of rotatable bonds is 7. The van der Waals surface area contributed by atoms with Crippen LogP contribution in [0.15, 0.2) is 60.8 Å². The fourth-order valence-corrected chi connectivity index (χ4v) is 3.66. The van der Waals surface area contributed by atoms with Crippen LogP contribution in [-0.4, -0.2) is 38.2 Å². The van der Waals surface area contributed by atoms with Gasteiger partial charge in [0.1, 0.15) is 22.9 Å². The number of hydrogen-bond acceptors (Lipinski definition) is 7. The Kier molecular flexibility index (Phi) is 7.05. The van der Waals surface area contributed by atoms with E-state index < -0.39 is 29.4 Å². The average Bonchev–Trinajstić information content (AvgIpc) is 2.85. The second-order valence-electron chi connectivity index (χ2n) is 7.96. The van der Waals surface area contributed by atoms with Gasteiger partial charge in [-0.1, -0.05) is 18.2 Å². The number of carbonyl (C=O) groups is 2. The van der Waals surface area contributed by atoms with Gasteiger partial charge >= 0.3 is 6.09 Å². The Morgan fingerprint density at radius 2 is 1.76 bits per heavy atom. The molecule has 0 bridgehead atoms. The number of primary amides is 1. The molecule has 0 spiro atoms. The summed E-state index contributed by atoms with van der Waals surface area (Å²) in [5.74, 6) is -3.20. The zero-order chi connectivity index (χ0) is 26.7. The summed E-state index contributed by atoms with van der Waals surface area (Å²) in [5, 5.41) is 2.64. The summed E-state index contributed by atoms with van der Waals surface area (Å²) in [5.41, 5.74) is 5.50.